The van der Waals surface area contributed by atoms with E-state index in [0.717, 1.165) is 33.4 Å². The minimum Gasteiger partial charge on any atom is -0.383 e. The van der Waals surface area contributed by atoms with Gasteiger partial charge in [0.15, 0.2) is 0 Å². The number of hydrogen-bond donors (Lipinski definition) is 2. The van der Waals surface area contributed by atoms with Crippen LogP contribution in [-0.4, -0.2) is 29.6 Å². The number of pyridine rings is 1. The molecule has 31 heavy (non-hydrogen) atoms. The van der Waals surface area contributed by atoms with Gasteiger partial charge in [-0.25, -0.2) is 0 Å². The van der Waals surface area contributed by atoms with Crippen molar-refractivity contribution in [2.45, 2.75) is 38.1 Å². The average Bonchev–Trinajstić information content (AvgIpc) is 3.25. The summed E-state index contributed by atoms with van der Waals surface area (Å²) in [5.41, 5.74) is 3.74. The van der Waals surface area contributed by atoms with Crippen molar-refractivity contribution in [3.8, 4) is 0 Å². The molecule has 1 fully saturated rings. The standard InChI is InChI=1S/C23H24N3O4P/c1-14-15(2)30-31(28,29-14)22(17-7-8-21-18(9-17)11-23(27)26-21)13-24-19-10-16-5-3-4-6-20(16)25-12-19/h3-10,12,14-15,22,24H,11,13H2,1-2H3,(H,26,27)/t14-,15+,22?,31?. The molecule has 2 unspecified atom stereocenters. The van der Waals surface area contributed by atoms with E-state index < -0.39 is 13.3 Å². The van der Waals surface area contributed by atoms with Gasteiger partial charge in [0.2, 0.25) is 5.91 Å². The lowest BCUT2D eigenvalue weighted by molar-refractivity contribution is -0.115. The lowest BCUT2D eigenvalue weighted by Crippen LogP contribution is -2.14. The van der Waals surface area contributed by atoms with Gasteiger partial charge in [-0.05, 0) is 43.2 Å². The summed E-state index contributed by atoms with van der Waals surface area (Å²) in [5, 5.41) is 7.23. The molecule has 3 heterocycles. The van der Waals surface area contributed by atoms with Gasteiger partial charge in [-0.3, -0.25) is 14.3 Å². The first kappa shape index (κ1) is 20.2. The number of hydrogen-bond acceptors (Lipinski definition) is 6. The zero-order valence-corrected chi connectivity index (χ0v) is 18.3. The number of benzene rings is 2. The average molecular weight is 437 g/mol. The number of anilines is 2. The fraction of sp³-hybridized carbons (Fsp3) is 0.304. The summed E-state index contributed by atoms with van der Waals surface area (Å²) < 4.78 is 25.5. The molecule has 8 heteroatoms. The molecule has 0 radical (unpaired) electrons. The van der Waals surface area contributed by atoms with Crippen molar-refractivity contribution in [2.75, 3.05) is 17.2 Å². The van der Waals surface area contributed by atoms with Crippen LogP contribution in [0.5, 0.6) is 0 Å². The van der Waals surface area contributed by atoms with E-state index >= 15 is 0 Å². The summed E-state index contributed by atoms with van der Waals surface area (Å²) in [6, 6.07) is 15.6. The fourth-order valence-corrected chi connectivity index (χ4v) is 6.51. The highest BCUT2D eigenvalue weighted by Crippen LogP contribution is 2.66. The number of aromatic nitrogens is 1. The maximum Gasteiger partial charge on any atom is 0.340 e. The highest BCUT2D eigenvalue weighted by atomic mass is 31.2. The topological polar surface area (TPSA) is 89.5 Å². The van der Waals surface area contributed by atoms with Crippen LogP contribution in [0.4, 0.5) is 11.4 Å². The summed E-state index contributed by atoms with van der Waals surface area (Å²) in [6.07, 6.45) is 1.57. The second-order valence-electron chi connectivity index (χ2n) is 8.12. The molecule has 1 saturated heterocycles. The molecule has 2 aliphatic rings. The van der Waals surface area contributed by atoms with Gasteiger partial charge in [0.25, 0.3) is 0 Å². The van der Waals surface area contributed by atoms with E-state index in [2.05, 4.69) is 15.6 Å². The van der Waals surface area contributed by atoms with Crippen LogP contribution in [0.15, 0.2) is 54.7 Å². The van der Waals surface area contributed by atoms with Crippen molar-refractivity contribution in [2.24, 2.45) is 0 Å². The third kappa shape index (κ3) is 3.85. The van der Waals surface area contributed by atoms with Crippen molar-refractivity contribution in [1.29, 1.82) is 0 Å². The predicted octanol–water partition coefficient (Wildman–Crippen LogP) is 4.90. The molecular weight excluding hydrogens is 413 g/mol. The molecule has 0 spiro atoms. The number of nitrogens with zero attached hydrogens (tertiary/aromatic N) is 1. The van der Waals surface area contributed by atoms with Crippen LogP contribution in [0.2, 0.25) is 0 Å². The van der Waals surface area contributed by atoms with E-state index in [0.29, 0.717) is 13.0 Å². The van der Waals surface area contributed by atoms with E-state index in [9.17, 15) is 9.36 Å². The minimum absolute atomic E-state index is 0.0358. The van der Waals surface area contributed by atoms with Crippen molar-refractivity contribution < 1.29 is 18.4 Å². The molecule has 0 saturated carbocycles. The van der Waals surface area contributed by atoms with E-state index in [-0.39, 0.29) is 18.1 Å². The molecule has 2 N–H and O–H groups in total. The summed E-state index contributed by atoms with van der Waals surface area (Å²) in [7, 11) is -3.43. The Bertz CT molecular complexity index is 1200. The van der Waals surface area contributed by atoms with Gasteiger partial charge in [0, 0.05) is 17.6 Å². The Morgan fingerprint density at radius 2 is 1.94 bits per heavy atom. The molecule has 1 aromatic heterocycles. The molecule has 5 rings (SSSR count). The number of carbonyl (C=O) groups excluding carboxylic acids is 1. The highest BCUT2D eigenvalue weighted by molar-refractivity contribution is 7.54. The minimum atomic E-state index is -3.43. The molecule has 3 aromatic rings. The van der Waals surface area contributed by atoms with Gasteiger partial charge < -0.3 is 19.7 Å². The predicted molar refractivity (Wildman–Crippen MR) is 120 cm³/mol. The maximum atomic E-state index is 13.8. The van der Waals surface area contributed by atoms with Crippen LogP contribution in [0, 0.1) is 0 Å². The second-order valence-corrected chi connectivity index (χ2v) is 10.2. The zero-order chi connectivity index (χ0) is 21.6. The normalized spacial score (nSPS) is 25.9. The Labute approximate surface area is 180 Å². The first-order valence-corrected chi connectivity index (χ1v) is 12.0. The van der Waals surface area contributed by atoms with Crippen LogP contribution in [-0.2, 0) is 24.8 Å². The molecule has 2 aromatic carbocycles. The van der Waals surface area contributed by atoms with Crippen molar-refractivity contribution >= 4 is 35.8 Å². The summed E-state index contributed by atoms with van der Waals surface area (Å²) in [6.45, 7) is 4.08. The first-order valence-electron chi connectivity index (χ1n) is 10.4. The summed E-state index contributed by atoms with van der Waals surface area (Å²) in [4.78, 5) is 16.3. The third-order valence-electron chi connectivity index (χ3n) is 5.90. The summed E-state index contributed by atoms with van der Waals surface area (Å²) >= 11 is 0. The highest BCUT2D eigenvalue weighted by Gasteiger charge is 2.47. The lowest BCUT2D eigenvalue weighted by atomic mass is 10.1. The van der Waals surface area contributed by atoms with Crippen molar-refractivity contribution in [1.82, 2.24) is 4.98 Å². The Morgan fingerprint density at radius 1 is 1.16 bits per heavy atom. The van der Waals surface area contributed by atoms with E-state index in [1.165, 1.54) is 0 Å². The number of para-hydroxylation sites is 1. The van der Waals surface area contributed by atoms with E-state index in [1.54, 1.807) is 6.20 Å². The zero-order valence-electron chi connectivity index (χ0n) is 17.4. The third-order valence-corrected chi connectivity index (χ3v) is 8.40. The van der Waals surface area contributed by atoms with Gasteiger partial charge in [-0.15, -0.1) is 0 Å². The van der Waals surface area contributed by atoms with Gasteiger partial charge in [-0.1, -0.05) is 30.3 Å². The quantitative estimate of drug-likeness (QED) is 0.552. The molecule has 160 valence electrons. The smallest absolute Gasteiger partial charge is 0.340 e. The van der Waals surface area contributed by atoms with Gasteiger partial charge >= 0.3 is 7.60 Å². The van der Waals surface area contributed by atoms with E-state index in [1.807, 2.05) is 62.4 Å². The molecule has 7 nitrogen and oxygen atoms in total. The molecule has 4 atom stereocenters. The Hall–Kier alpha value is -2.73. The van der Waals surface area contributed by atoms with Crippen LogP contribution in [0.1, 0.15) is 30.6 Å². The molecule has 0 aliphatic carbocycles. The number of carbonyl (C=O) groups is 1. The van der Waals surface area contributed by atoms with Gasteiger partial charge in [0.1, 0.15) is 5.66 Å². The maximum absolute atomic E-state index is 13.8. The van der Waals surface area contributed by atoms with Crippen LogP contribution >= 0.6 is 7.60 Å². The molecule has 2 aliphatic heterocycles. The molecular formula is C23H24N3O4P. The SMILES string of the molecule is C[C@@H]1OP(=O)(C(CNc2cnc3ccccc3c2)c2ccc3c(c2)CC(=O)N3)O[C@@H]1C. The fourth-order valence-electron chi connectivity index (χ4n) is 4.06. The largest absolute Gasteiger partial charge is 0.383 e. The monoisotopic (exact) mass is 437 g/mol. The molecule has 1 amide bonds. The van der Waals surface area contributed by atoms with E-state index in [4.69, 9.17) is 9.05 Å². The van der Waals surface area contributed by atoms with Gasteiger partial charge in [-0.2, -0.15) is 0 Å². The second kappa shape index (κ2) is 7.75. The molecule has 0 bridgehead atoms. The van der Waals surface area contributed by atoms with Crippen LogP contribution < -0.4 is 10.6 Å². The van der Waals surface area contributed by atoms with Crippen molar-refractivity contribution in [3.05, 3.63) is 65.9 Å². The number of amides is 1. The van der Waals surface area contributed by atoms with Gasteiger partial charge in [0.05, 0.1) is 36.0 Å². The Balaban J connectivity index is 1.46. The lowest BCUT2D eigenvalue weighted by Gasteiger charge is -2.24. The number of nitrogens with one attached hydrogen (secondary N) is 2. The van der Waals surface area contributed by atoms with Crippen molar-refractivity contribution in [3.63, 3.8) is 0 Å². The number of fused-ring (bicyclic) bond motifs is 2. The Kier molecular flexibility index (Phi) is 5.05. The summed E-state index contributed by atoms with van der Waals surface area (Å²) in [5.74, 6) is -0.0358. The van der Waals surface area contributed by atoms with Crippen LogP contribution in [0.3, 0.4) is 0 Å². The Morgan fingerprint density at radius 3 is 2.74 bits per heavy atom. The first-order chi connectivity index (χ1) is 14.9. The van der Waals surface area contributed by atoms with Crippen LogP contribution in [0.25, 0.3) is 10.9 Å². The number of rotatable bonds is 5.